The zero-order valence-electron chi connectivity index (χ0n) is 9.99. The number of rotatable bonds is 3. The van der Waals surface area contributed by atoms with Gasteiger partial charge in [-0.25, -0.2) is 4.39 Å². The number of aromatic nitrogens is 1. The number of nitrogens with one attached hydrogen (secondary N) is 1. The summed E-state index contributed by atoms with van der Waals surface area (Å²) in [4.78, 5) is 3.11. The molecule has 4 heteroatoms. The highest BCUT2D eigenvalue weighted by Crippen LogP contribution is 2.23. The SMILES string of the molecule is Fc1cccc(COc2ccc3[nH]ccc3c2)c1Cl. The third-order valence-electron chi connectivity index (χ3n) is 2.95. The van der Waals surface area contributed by atoms with Crippen molar-refractivity contribution in [3.05, 3.63) is 65.1 Å². The first kappa shape index (κ1) is 12.1. The van der Waals surface area contributed by atoms with Gasteiger partial charge in [-0.05, 0) is 30.3 Å². The molecule has 3 rings (SSSR count). The fraction of sp³-hybridized carbons (Fsp3) is 0.0667. The van der Waals surface area contributed by atoms with E-state index in [0.29, 0.717) is 5.56 Å². The molecule has 96 valence electrons. The molecule has 3 aromatic rings. The number of fused-ring (bicyclic) bond motifs is 1. The van der Waals surface area contributed by atoms with Crippen LogP contribution in [0.4, 0.5) is 4.39 Å². The summed E-state index contributed by atoms with van der Waals surface area (Å²) in [5.74, 6) is 0.302. The van der Waals surface area contributed by atoms with Gasteiger partial charge in [-0.2, -0.15) is 0 Å². The Morgan fingerprint density at radius 3 is 2.95 bits per heavy atom. The van der Waals surface area contributed by atoms with Gasteiger partial charge in [-0.3, -0.25) is 0 Å². The number of ether oxygens (including phenoxy) is 1. The van der Waals surface area contributed by atoms with Crippen molar-refractivity contribution < 1.29 is 9.13 Å². The van der Waals surface area contributed by atoms with Crippen molar-refractivity contribution in [3.8, 4) is 5.75 Å². The predicted molar refractivity (Wildman–Crippen MR) is 74.0 cm³/mol. The quantitative estimate of drug-likeness (QED) is 0.746. The molecule has 0 aliphatic rings. The Labute approximate surface area is 114 Å². The monoisotopic (exact) mass is 275 g/mol. The largest absolute Gasteiger partial charge is 0.489 e. The van der Waals surface area contributed by atoms with Crippen molar-refractivity contribution in [1.29, 1.82) is 0 Å². The first-order chi connectivity index (χ1) is 9.24. The van der Waals surface area contributed by atoms with Crippen molar-refractivity contribution in [2.24, 2.45) is 0 Å². The van der Waals surface area contributed by atoms with Gasteiger partial charge < -0.3 is 9.72 Å². The second kappa shape index (κ2) is 4.94. The number of aromatic amines is 1. The van der Waals surface area contributed by atoms with Crippen LogP contribution in [-0.4, -0.2) is 4.98 Å². The summed E-state index contributed by atoms with van der Waals surface area (Å²) in [6, 6.07) is 12.4. The molecule has 0 bridgehead atoms. The molecule has 1 heterocycles. The van der Waals surface area contributed by atoms with Gasteiger partial charge in [-0.1, -0.05) is 23.7 Å². The summed E-state index contributed by atoms with van der Waals surface area (Å²) >= 11 is 5.88. The number of halogens is 2. The van der Waals surface area contributed by atoms with Gasteiger partial charge in [0.2, 0.25) is 0 Å². The lowest BCUT2D eigenvalue weighted by Gasteiger charge is -2.08. The van der Waals surface area contributed by atoms with E-state index in [1.807, 2.05) is 30.5 Å². The van der Waals surface area contributed by atoms with Crippen LogP contribution in [0.25, 0.3) is 10.9 Å². The maximum atomic E-state index is 13.3. The van der Waals surface area contributed by atoms with Crippen LogP contribution >= 0.6 is 11.6 Å². The normalized spacial score (nSPS) is 10.8. The summed E-state index contributed by atoms with van der Waals surface area (Å²) in [6.45, 7) is 0.243. The maximum Gasteiger partial charge on any atom is 0.142 e. The molecule has 0 radical (unpaired) electrons. The van der Waals surface area contributed by atoms with Crippen LogP contribution in [-0.2, 0) is 6.61 Å². The highest BCUT2D eigenvalue weighted by Gasteiger charge is 2.06. The van der Waals surface area contributed by atoms with Crippen LogP contribution in [0.15, 0.2) is 48.7 Å². The number of hydrogen-bond acceptors (Lipinski definition) is 1. The number of hydrogen-bond donors (Lipinski definition) is 1. The lowest BCUT2D eigenvalue weighted by Crippen LogP contribution is -1.97. The topological polar surface area (TPSA) is 25.0 Å². The molecule has 0 saturated carbocycles. The Morgan fingerprint density at radius 1 is 1.16 bits per heavy atom. The Bertz CT molecular complexity index is 723. The van der Waals surface area contributed by atoms with Crippen LogP contribution in [0.3, 0.4) is 0 Å². The minimum atomic E-state index is -0.427. The smallest absolute Gasteiger partial charge is 0.142 e. The molecule has 0 amide bonds. The minimum absolute atomic E-state index is 0.116. The molecule has 0 saturated heterocycles. The zero-order valence-corrected chi connectivity index (χ0v) is 10.7. The molecule has 2 nitrogen and oxygen atoms in total. The fourth-order valence-electron chi connectivity index (χ4n) is 1.94. The molecule has 0 aliphatic carbocycles. The zero-order chi connectivity index (χ0) is 13.2. The summed E-state index contributed by atoms with van der Waals surface area (Å²) in [5.41, 5.74) is 1.69. The third kappa shape index (κ3) is 2.42. The standard InChI is InChI=1S/C15H11ClFNO/c16-15-11(2-1-3-13(15)17)9-19-12-4-5-14-10(8-12)6-7-18-14/h1-8,18H,9H2. The van der Waals surface area contributed by atoms with E-state index in [-0.39, 0.29) is 11.6 Å². The van der Waals surface area contributed by atoms with Crippen LogP contribution < -0.4 is 4.74 Å². The molecule has 0 unspecified atom stereocenters. The molecule has 1 N–H and O–H groups in total. The van der Waals surface area contributed by atoms with E-state index in [4.69, 9.17) is 16.3 Å². The lowest BCUT2D eigenvalue weighted by atomic mass is 10.2. The first-order valence-corrected chi connectivity index (χ1v) is 6.25. The number of H-pyrrole nitrogens is 1. The lowest BCUT2D eigenvalue weighted by molar-refractivity contribution is 0.306. The second-order valence-corrected chi connectivity index (χ2v) is 4.61. The van der Waals surface area contributed by atoms with Gasteiger partial charge in [0.05, 0.1) is 5.02 Å². The van der Waals surface area contributed by atoms with Gasteiger partial charge in [0.15, 0.2) is 0 Å². The Balaban J connectivity index is 1.80. The predicted octanol–water partition coefficient (Wildman–Crippen LogP) is 4.54. The van der Waals surface area contributed by atoms with E-state index in [9.17, 15) is 4.39 Å². The average molecular weight is 276 g/mol. The van der Waals surface area contributed by atoms with E-state index in [0.717, 1.165) is 16.7 Å². The van der Waals surface area contributed by atoms with E-state index in [1.54, 1.807) is 12.1 Å². The summed E-state index contributed by atoms with van der Waals surface area (Å²) in [6.07, 6.45) is 1.87. The molecular formula is C15H11ClFNO. The van der Waals surface area contributed by atoms with Crippen molar-refractivity contribution in [1.82, 2.24) is 4.98 Å². The number of benzene rings is 2. The molecule has 0 aliphatic heterocycles. The van der Waals surface area contributed by atoms with Gasteiger partial charge >= 0.3 is 0 Å². The Kier molecular flexibility index (Phi) is 3.13. The van der Waals surface area contributed by atoms with Gasteiger partial charge in [-0.15, -0.1) is 0 Å². The first-order valence-electron chi connectivity index (χ1n) is 5.87. The molecular weight excluding hydrogens is 265 g/mol. The minimum Gasteiger partial charge on any atom is -0.489 e. The summed E-state index contributed by atoms with van der Waals surface area (Å²) < 4.78 is 18.9. The molecule has 0 spiro atoms. The highest BCUT2D eigenvalue weighted by molar-refractivity contribution is 6.31. The summed E-state index contributed by atoms with van der Waals surface area (Å²) in [5, 5.41) is 1.19. The van der Waals surface area contributed by atoms with Crippen molar-refractivity contribution in [3.63, 3.8) is 0 Å². The van der Waals surface area contributed by atoms with Crippen LogP contribution in [0, 0.1) is 5.82 Å². The average Bonchev–Trinajstić information content (AvgIpc) is 2.88. The third-order valence-corrected chi connectivity index (χ3v) is 3.37. The van der Waals surface area contributed by atoms with Crippen LogP contribution in [0.5, 0.6) is 5.75 Å². The Morgan fingerprint density at radius 2 is 2.05 bits per heavy atom. The van der Waals surface area contributed by atoms with Gasteiger partial charge in [0.1, 0.15) is 18.2 Å². The van der Waals surface area contributed by atoms with E-state index >= 15 is 0 Å². The molecule has 0 fully saturated rings. The molecule has 19 heavy (non-hydrogen) atoms. The van der Waals surface area contributed by atoms with E-state index in [2.05, 4.69) is 4.98 Å². The molecule has 2 aromatic carbocycles. The molecule has 0 atom stereocenters. The molecule has 1 aromatic heterocycles. The Hall–Kier alpha value is -2.00. The van der Waals surface area contributed by atoms with Crippen LogP contribution in [0.2, 0.25) is 5.02 Å². The van der Waals surface area contributed by atoms with Gasteiger partial charge in [0.25, 0.3) is 0 Å². The maximum absolute atomic E-state index is 13.3. The van der Waals surface area contributed by atoms with Crippen molar-refractivity contribution >= 4 is 22.5 Å². The fourth-order valence-corrected chi connectivity index (χ4v) is 2.12. The van der Waals surface area contributed by atoms with Crippen LogP contribution in [0.1, 0.15) is 5.56 Å². The highest BCUT2D eigenvalue weighted by atomic mass is 35.5. The summed E-state index contributed by atoms with van der Waals surface area (Å²) in [7, 11) is 0. The van der Waals surface area contributed by atoms with E-state index < -0.39 is 5.82 Å². The van der Waals surface area contributed by atoms with E-state index in [1.165, 1.54) is 6.07 Å². The van der Waals surface area contributed by atoms with Crippen molar-refractivity contribution in [2.75, 3.05) is 0 Å². The van der Waals surface area contributed by atoms with Crippen molar-refractivity contribution in [2.45, 2.75) is 6.61 Å². The van der Waals surface area contributed by atoms with Gasteiger partial charge in [0, 0.05) is 22.7 Å². The second-order valence-electron chi connectivity index (χ2n) is 4.23.